The van der Waals surface area contributed by atoms with Crippen LogP contribution in [0.5, 0.6) is 11.5 Å². The molecule has 2 heterocycles. The molecule has 0 spiro atoms. The second kappa shape index (κ2) is 8.71. The maximum Gasteiger partial charge on any atom is 0.257 e. The quantitative estimate of drug-likeness (QED) is 0.359. The van der Waals surface area contributed by atoms with Gasteiger partial charge in [-0.3, -0.25) is 10.1 Å². The van der Waals surface area contributed by atoms with Gasteiger partial charge in [-0.2, -0.15) is 0 Å². The van der Waals surface area contributed by atoms with Crippen molar-refractivity contribution in [2.45, 2.75) is 0 Å². The zero-order valence-corrected chi connectivity index (χ0v) is 18.6. The fourth-order valence-corrected chi connectivity index (χ4v) is 4.28. The van der Waals surface area contributed by atoms with E-state index in [0.717, 1.165) is 26.8 Å². The number of benzene rings is 3. The van der Waals surface area contributed by atoms with Crippen LogP contribution in [0.2, 0.25) is 0 Å². The lowest BCUT2D eigenvalue weighted by atomic mass is 10.2. The summed E-state index contributed by atoms with van der Waals surface area (Å²) in [5.74, 6) is 1.64. The highest BCUT2D eigenvalue weighted by atomic mass is 32.1. The predicted octanol–water partition coefficient (Wildman–Crippen LogP) is 5.25. The molecule has 0 aliphatic rings. The Hall–Kier alpha value is -4.24. The van der Waals surface area contributed by atoms with Crippen molar-refractivity contribution in [3.8, 4) is 11.5 Å². The Morgan fingerprint density at radius 1 is 0.909 bits per heavy atom. The number of rotatable bonds is 6. The first-order chi connectivity index (χ1) is 16.1. The van der Waals surface area contributed by atoms with Gasteiger partial charge < -0.3 is 14.8 Å². The molecule has 0 aliphatic heterocycles. The summed E-state index contributed by atoms with van der Waals surface area (Å²) in [6, 6.07) is 18.5. The molecule has 0 saturated carbocycles. The van der Waals surface area contributed by atoms with Crippen molar-refractivity contribution >= 4 is 55.0 Å². The molecule has 8 nitrogen and oxygen atoms in total. The van der Waals surface area contributed by atoms with Gasteiger partial charge in [0.2, 0.25) is 0 Å². The Kier molecular flexibility index (Phi) is 5.45. The lowest BCUT2D eigenvalue weighted by Gasteiger charge is -2.12. The van der Waals surface area contributed by atoms with E-state index in [1.165, 1.54) is 17.7 Å². The number of hydrogen-bond acceptors (Lipinski definition) is 8. The first-order valence-electron chi connectivity index (χ1n) is 10.1. The molecule has 0 aliphatic carbocycles. The van der Waals surface area contributed by atoms with Crippen molar-refractivity contribution in [3.63, 3.8) is 0 Å². The number of amides is 1. The molecular formula is C24H19N5O3S. The number of thiazole rings is 1. The van der Waals surface area contributed by atoms with E-state index < -0.39 is 0 Å². The molecule has 0 unspecified atom stereocenters. The van der Waals surface area contributed by atoms with Crippen LogP contribution in [0.1, 0.15) is 10.4 Å². The van der Waals surface area contributed by atoms with Crippen LogP contribution in [0.15, 0.2) is 67.0 Å². The number of methoxy groups -OCH3 is 2. The summed E-state index contributed by atoms with van der Waals surface area (Å²) in [5.41, 5.74) is 2.89. The highest BCUT2D eigenvalue weighted by molar-refractivity contribution is 7.22. The summed E-state index contributed by atoms with van der Waals surface area (Å²) < 4.78 is 11.7. The van der Waals surface area contributed by atoms with Crippen LogP contribution in [-0.4, -0.2) is 35.1 Å². The summed E-state index contributed by atoms with van der Waals surface area (Å²) in [6.07, 6.45) is 1.50. The van der Waals surface area contributed by atoms with E-state index in [1.54, 1.807) is 26.4 Å². The number of nitrogens with one attached hydrogen (secondary N) is 2. The monoisotopic (exact) mass is 457 g/mol. The molecule has 5 rings (SSSR count). The molecule has 0 radical (unpaired) electrons. The molecule has 2 N–H and O–H groups in total. The number of nitrogens with zero attached hydrogens (tertiary/aromatic N) is 3. The fraction of sp³-hybridized carbons (Fsp3) is 0.0833. The molecule has 1 amide bonds. The summed E-state index contributed by atoms with van der Waals surface area (Å²) in [6.45, 7) is 0. The molecule has 0 bridgehead atoms. The number of ether oxygens (including phenoxy) is 2. The van der Waals surface area contributed by atoms with Crippen LogP contribution in [-0.2, 0) is 0 Å². The van der Waals surface area contributed by atoms with E-state index in [1.807, 2.05) is 48.5 Å². The molecule has 164 valence electrons. The van der Waals surface area contributed by atoms with Crippen LogP contribution in [0.4, 0.5) is 16.6 Å². The summed E-state index contributed by atoms with van der Waals surface area (Å²) in [7, 11) is 3.18. The van der Waals surface area contributed by atoms with Gasteiger partial charge in [0.05, 0.1) is 30.0 Å². The zero-order valence-electron chi connectivity index (χ0n) is 17.8. The van der Waals surface area contributed by atoms with E-state index in [0.29, 0.717) is 28.0 Å². The molecule has 2 aromatic heterocycles. The third kappa shape index (κ3) is 4.13. The van der Waals surface area contributed by atoms with Gasteiger partial charge in [-0.15, -0.1) is 0 Å². The van der Waals surface area contributed by atoms with Gasteiger partial charge in [-0.25, -0.2) is 15.0 Å². The lowest BCUT2D eigenvalue weighted by Crippen LogP contribution is -2.11. The Labute approximate surface area is 193 Å². The first kappa shape index (κ1) is 20.7. The second-order valence-corrected chi connectivity index (χ2v) is 8.12. The lowest BCUT2D eigenvalue weighted by molar-refractivity contribution is 0.102. The van der Waals surface area contributed by atoms with Crippen molar-refractivity contribution < 1.29 is 14.3 Å². The molecule has 5 aromatic rings. The average molecular weight is 458 g/mol. The number of carbonyl (C=O) groups excluding carboxylic acids is 1. The van der Waals surface area contributed by atoms with Crippen LogP contribution < -0.4 is 20.1 Å². The third-order valence-electron chi connectivity index (χ3n) is 5.05. The number of carbonyl (C=O) groups is 1. The molecule has 0 fully saturated rings. The summed E-state index contributed by atoms with van der Waals surface area (Å²) >= 11 is 1.42. The van der Waals surface area contributed by atoms with Crippen LogP contribution in [0.3, 0.4) is 0 Å². The van der Waals surface area contributed by atoms with Gasteiger partial charge in [-0.1, -0.05) is 29.5 Å². The average Bonchev–Trinajstić information content (AvgIpc) is 3.25. The van der Waals surface area contributed by atoms with E-state index >= 15 is 0 Å². The standard InChI is InChI=1S/C24H19N5O3S/c1-31-19-11-16-17(12-20(19)32-2)25-13-26-22(16)27-15-8-9-21-18(10-15)28-24(33-21)29-23(30)14-6-4-3-5-7-14/h3-13H,1-2H3,(H,25,26,27)(H,28,29,30). The second-order valence-electron chi connectivity index (χ2n) is 7.09. The number of anilines is 3. The van der Waals surface area contributed by atoms with Gasteiger partial charge in [0, 0.05) is 22.7 Å². The Balaban J connectivity index is 1.43. The van der Waals surface area contributed by atoms with E-state index in [-0.39, 0.29) is 5.91 Å². The van der Waals surface area contributed by atoms with E-state index in [9.17, 15) is 4.79 Å². The maximum atomic E-state index is 12.4. The van der Waals surface area contributed by atoms with Gasteiger partial charge >= 0.3 is 0 Å². The van der Waals surface area contributed by atoms with Crippen molar-refractivity contribution in [1.29, 1.82) is 0 Å². The Bertz CT molecular complexity index is 1470. The molecule has 0 saturated heterocycles. The van der Waals surface area contributed by atoms with Crippen LogP contribution >= 0.6 is 11.3 Å². The highest BCUT2D eigenvalue weighted by Crippen LogP contribution is 2.35. The van der Waals surface area contributed by atoms with Crippen LogP contribution in [0.25, 0.3) is 21.1 Å². The minimum Gasteiger partial charge on any atom is -0.493 e. The molecule has 3 aromatic carbocycles. The van der Waals surface area contributed by atoms with E-state index in [4.69, 9.17) is 9.47 Å². The van der Waals surface area contributed by atoms with Gasteiger partial charge in [0.25, 0.3) is 5.91 Å². The van der Waals surface area contributed by atoms with Crippen LogP contribution in [0, 0.1) is 0 Å². The van der Waals surface area contributed by atoms with Crippen molar-refractivity contribution in [2.24, 2.45) is 0 Å². The summed E-state index contributed by atoms with van der Waals surface area (Å²) in [4.78, 5) is 25.7. The van der Waals surface area contributed by atoms with Gasteiger partial charge in [0.1, 0.15) is 12.1 Å². The third-order valence-corrected chi connectivity index (χ3v) is 6.00. The van der Waals surface area contributed by atoms with Crippen molar-refractivity contribution in [3.05, 3.63) is 72.6 Å². The van der Waals surface area contributed by atoms with Crippen molar-refractivity contribution in [2.75, 3.05) is 24.9 Å². The molecule has 0 atom stereocenters. The Morgan fingerprint density at radius 3 is 2.48 bits per heavy atom. The topological polar surface area (TPSA) is 98.3 Å². The molecule has 9 heteroatoms. The fourth-order valence-electron chi connectivity index (χ4n) is 3.44. The number of aromatic nitrogens is 3. The smallest absolute Gasteiger partial charge is 0.257 e. The minimum absolute atomic E-state index is 0.190. The van der Waals surface area contributed by atoms with Crippen molar-refractivity contribution in [1.82, 2.24) is 15.0 Å². The SMILES string of the molecule is COc1cc2ncnc(Nc3ccc4sc(NC(=O)c5ccccc5)nc4c3)c2cc1OC. The predicted molar refractivity (Wildman–Crippen MR) is 130 cm³/mol. The molecular weight excluding hydrogens is 438 g/mol. The van der Waals surface area contributed by atoms with E-state index in [2.05, 4.69) is 25.6 Å². The highest BCUT2D eigenvalue weighted by Gasteiger charge is 2.13. The maximum absolute atomic E-state index is 12.4. The summed E-state index contributed by atoms with van der Waals surface area (Å²) in [5, 5.41) is 7.54. The minimum atomic E-state index is -0.190. The normalized spacial score (nSPS) is 10.8. The number of hydrogen-bond donors (Lipinski definition) is 2. The number of fused-ring (bicyclic) bond motifs is 2. The Morgan fingerprint density at radius 2 is 1.70 bits per heavy atom. The largest absolute Gasteiger partial charge is 0.493 e. The van der Waals surface area contributed by atoms with Gasteiger partial charge in [0.15, 0.2) is 16.6 Å². The molecule has 33 heavy (non-hydrogen) atoms. The van der Waals surface area contributed by atoms with Gasteiger partial charge in [-0.05, 0) is 36.4 Å². The first-order valence-corrected chi connectivity index (χ1v) is 10.9. The zero-order chi connectivity index (χ0) is 22.8.